The summed E-state index contributed by atoms with van der Waals surface area (Å²) in [6.45, 7) is 10.2. The zero-order valence-electron chi connectivity index (χ0n) is 15.5. The average Bonchev–Trinajstić information content (AvgIpc) is 2.81. The van der Waals surface area contributed by atoms with Gasteiger partial charge in [-0.25, -0.2) is 0 Å². The highest BCUT2D eigenvalue weighted by molar-refractivity contribution is 8.03. The molecule has 0 aromatic heterocycles. The second-order valence-electron chi connectivity index (χ2n) is 6.67. The van der Waals surface area contributed by atoms with Crippen LogP contribution >= 0.6 is 0 Å². The molecular formula is C20H28N2O2S. The largest absolute Gasteiger partial charge is 0.375 e. The molecule has 25 heavy (non-hydrogen) atoms. The Bertz CT molecular complexity index is 773. The first kappa shape index (κ1) is 19.4. The van der Waals surface area contributed by atoms with E-state index in [0.717, 1.165) is 31.6 Å². The van der Waals surface area contributed by atoms with Crippen molar-refractivity contribution in [2.75, 3.05) is 25.9 Å². The lowest BCUT2D eigenvalue weighted by Gasteiger charge is -2.35. The number of hydrogen-bond acceptors (Lipinski definition) is 3. The van der Waals surface area contributed by atoms with Gasteiger partial charge in [-0.2, -0.15) is 0 Å². The molecule has 0 aromatic carbocycles. The predicted molar refractivity (Wildman–Crippen MR) is 107 cm³/mol. The Morgan fingerprint density at radius 1 is 1.44 bits per heavy atom. The summed E-state index contributed by atoms with van der Waals surface area (Å²) in [6.07, 6.45) is 10.3. The molecule has 0 saturated carbocycles. The summed E-state index contributed by atoms with van der Waals surface area (Å²) < 4.78 is 12.6. The van der Waals surface area contributed by atoms with Gasteiger partial charge in [-0.3, -0.25) is 9.00 Å². The van der Waals surface area contributed by atoms with Crippen molar-refractivity contribution >= 4 is 21.3 Å². The molecular weight excluding hydrogens is 332 g/mol. The fraction of sp³-hybridized carbons (Fsp3) is 0.450. The highest BCUT2D eigenvalue weighted by atomic mass is 32.2. The van der Waals surface area contributed by atoms with E-state index >= 15 is 0 Å². The molecule has 1 unspecified atom stereocenters. The minimum absolute atomic E-state index is 0.0179. The molecule has 1 aliphatic carbocycles. The van der Waals surface area contributed by atoms with Gasteiger partial charge >= 0.3 is 0 Å². The second-order valence-corrected chi connectivity index (χ2v) is 9.12. The van der Waals surface area contributed by atoms with Gasteiger partial charge in [0.25, 0.3) is 0 Å². The van der Waals surface area contributed by atoms with Gasteiger partial charge < -0.3 is 9.80 Å². The molecule has 0 bridgehead atoms. The Labute approximate surface area is 151 Å². The first-order valence-electron chi connectivity index (χ1n) is 8.63. The van der Waals surface area contributed by atoms with Crippen molar-refractivity contribution in [3.05, 3.63) is 52.9 Å². The molecule has 4 nitrogen and oxygen atoms in total. The summed E-state index contributed by atoms with van der Waals surface area (Å²) in [6, 6.07) is 0. The number of hydrogen-bond donors (Lipinski definition) is 0. The molecule has 2 rings (SSSR count). The number of carbonyl (C=O) groups excluding carboxylic acids is 1. The van der Waals surface area contributed by atoms with Crippen LogP contribution in [0.25, 0.3) is 0 Å². The molecule has 1 amide bonds. The highest BCUT2D eigenvalue weighted by Crippen LogP contribution is 2.26. The van der Waals surface area contributed by atoms with Crippen molar-refractivity contribution < 1.29 is 9.00 Å². The number of piperidine rings is 1. The van der Waals surface area contributed by atoms with Crippen LogP contribution in [0.15, 0.2) is 52.9 Å². The number of likely N-dealkylation sites (N-methyl/N-ethyl adjacent to an activating group) is 1. The molecule has 2 aliphatic rings. The van der Waals surface area contributed by atoms with E-state index in [1.165, 1.54) is 0 Å². The maximum atomic E-state index is 13.1. The van der Waals surface area contributed by atoms with E-state index in [2.05, 4.69) is 23.1 Å². The molecule has 1 fully saturated rings. The summed E-state index contributed by atoms with van der Waals surface area (Å²) in [5.41, 5.74) is 4.71. The van der Waals surface area contributed by atoms with Crippen LogP contribution < -0.4 is 0 Å². The van der Waals surface area contributed by atoms with Gasteiger partial charge in [-0.05, 0) is 60.3 Å². The lowest BCUT2D eigenvalue weighted by Crippen LogP contribution is -2.41. The first-order chi connectivity index (χ1) is 11.8. The molecule has 1 heterocycles. The number of amides is 1. The normalized spacial score (nSPS) is 20.4. The number of carbonyl (C=O) groups is 1. The topological polar surface area (TPSA) is 40.6 Å². The molecule has 136 valence electrons. The van der Waals surface area contributed by atoms with Crippen LogP contribution in [0.1, 0.15) is 26.7 Å². The Kier molecular flexibility index (Phi) is 6.15. The van der Waals surface area contributed by atoms with Gasteiger partial charge in [0, 0.05) is 37.5 Å². The standard InChI is InChI=1S/C20H28N2O2S/c1-6-22(18-10-8-7-9-11-19(18)25(4,5)24)20(23)17-12-14-21(15-13-17)16(2)3/h7-8,10-11,17H,2,4,6,12-15H2,1,3,5H3. The van der Waals surface area contributed by atoms with E-state index in [-0.39, 0.29) is 11.8 Å². The lowest BCUT2D eigenvalue weighted by atomic mass is 9.94. The van der Waals surface area contributed by atoms with Gasteiger partial charge in [-0.15, -0.1) is 5.73 Å². The van der Waals surface area contributed by atoms with E-state index in [1.54, 1.807) is 23.3 Å². The van der Waals surface area contributed by atoms with E-state index < -0.39 is 9.52 Å². The summed E-state index contributed by atoms with van der Waals surface area (Å²) in [5.74, 6) is 3.88. The van der Waals surface area contributed by atoms with Crippen LogP contribution in [0.3, 0.4) is 0 Å². The van der Waals surface area contributed by atoms with Crippen molar-refractivity contribution in [3.8, 4) is 0 Å². The Morgan fingerprint density at radius 3 is 2.60 bits per heavy atom. The third kappa shape index (κ3) is 4.56. The van der Waals surface area contributed by atoms with Crippen LogP contribution in [-0.2, 0) is 14.3 Å². The van der Waals surface area contributed by atoms with Gasteiger partial charge in [0.1, 0.15) is 0 Å². The van der Waals surface area contributed by atoms with Crippen LogP contribution in [0.2, 0.25) is 0 Å². The number of likely N-dealkylation sites (tertiary alicyclic amines) is 1. The molecule has 0 aromatic rings. The molecule has 0 radical (unpaired) electrons. The Morgan fingerprint density at radius 2 is 2.08 bits per heavy atom. The van der Waals surface area contributed by atoms with Gasteiger partial charge in [0.2, 0.25) is 5.91 Å². The van der Waals surface area contributed by atoms with E-state index in [0.29, 0.717) is 17.1 Å². The van der Waals surface area contributed by atoms with Crippen molar-refractivity contribution in [2.24, 2.45) is 5.92 Å². The minimum atomic E-state index is -2.46. The number of nitrogens with zero attached hydrogens (tertiary/aromatic N) is 2. The van der Waals surface area contributed by atoms with E-state index in [9.17, 15) is 9.00 Å². The third-order valence-electron chi connectivity index (χ3n) is 4.64. The van der Waals surface area contributed by atoms with Gasteiger partial charge in [-0.1, -0.05) is 12.7 Å². The zero-order chi connectivity index (χ0) is 18.6. The summed E-state index contributed by atoms with van der Waals surface area (Å²) >= 11 is 0. The SMILES string of the molecule is C=C(C)N1CCC(C(=O)N(CC)C2=C(S(=C)(C)=O)C=C=CC=C2)CC1. The summed E-state index contributed by atoms with van der Waals surface area (Å²) in [5, 5.41) is 0. The van der Waals surface area contributed by atoms with E-state index in [4.69, 9.17) is 0 Å². The number of allylic oxidation sites excluding steroid dienone is 4. The molecule has 0 N–H and O–H groups in total. The molecule has 1 atom stereocenters. The lowest BCUT2D eigenvalue weighted by molar-refractivity contribution is -0.134. The Balaban J connectivity index is 2.29. The second kappa shape index (κ2) is 7.94. The third-order valence-corrected chi connectivity index (χ3v) is 5.89. The van der Waals surface area contributed by atoms with E-state index in [1.807, 2.05) is 26.0 Å². The smallest absolute Gasteiger partial charge is 0.230 e. The maximum Gasteiger partial charge on any atom is 0.230 e. The van der Waals surface area contributed by atoms with Crippen molar-refractivity contribution in [1.29, 1.82) is 0 Å². The molecule has 1 saturated heterocycles. The average molecular weight is 361 g/mol. The first-order valence-corrected chi connectivity index (χ1v) is 10.8. The molecule has 1 aliphatic heterocycles. The fourth-order valence-electron chi connectivity index (χ4n) is 3.22. The monoisotopic (exact) mass is 360 g/mol. The highest BCUT2D eigenvalue weighted by Gasteiger charge is 2.30. The van der Waals surface area contributed by atoms with Crippen molar-refractivity contribution in [1.82, 2.24) is 9.80 Å². The van der Waals surface area contributed by atoms with Crippen LogP contribution in [0.5, 0.6) is 0 Å². The van der Waals surface area contributed by atoms with Gasteiger partial charge in [0.05, 0.1) is 10.6 Å². The van der Waals surface area contributed by atoms with Crippen LogP contribution in [0.4, 0.5) is 0 Å². The van der Waals surface area contributed by atoms with Crippen LogP contribution in [-0.4, -0.2) is 51.7 Å². The Hall–Kier alpha value is -1.97. The fourth-order valence-corrected chi connectivity index (χ4v) is 4.15. The molecule has 0 spiro atoms. The predicted octanol–water partition coefficient (Wildman–Crippen LogP) is 2.92. The van der Waals surface area contributed by atoms with Crippen molar-refractivity contribution in [2.45, 2.75) is 26.7 Å². The number of rotatable bonds is 5. The summed E-state index contributed by atoms with van der Waals surface area (Å²) in [7, 11) is -2.46. The van der Waals surface area contributed by atoms with Crippen LogP contribution in [0, 0.1) is 5.92 Å². The zero-order valence-corrected chi connectivity index (χ0v) is 16.3. The maximum absolute atomic E-state index is 13.1. The molecule has 5 heteroatoms. The summed E-state index contributed by atoms with van der Waals surface area (Å²) in [4.78, 5) is 17.7. The quantitative estimate of drug-likeness (QED) is 0.559. The van der Waals surface area contributed by atoms with Crippen molar-refractivity contribution in [3.63, 3.8) is 0 Å². The van der Waals surface area contributed by atoms with Gasteiger partial charge in [0.15, 0.2) is 0 Å². The minimum Gasteiger partial charge on any atom is -0.375 e.